The summed E-state index contributed by atoms with van der Waals surface area (Å²) >= 11 is 0. The molecule has 0 bridgehead atoms. The van der Waals surface area contributed by atoms with Crippen LogP contribution in [0.4, 0.5) is 0 Å². The van der Waals surface area contributed by atoms with Gasteiger partial charge in [-0.15, -0.1) is 0 Å². The molecule has 2 heterocycles. The Morgan fingerprint density at radius 2 is 1.88 bits per heavy atom. The van der Waals surface area contributed by atoms with E-state index in [1.807, 2.05) is 30.3 Å². The Kier molecular flexibility index (Phi) is 8.68. The Balaban J connectivity index is 1.88. The fraction of sp³-hybridized carbons (Fsp3) is 0.455. The summed E-state index contributed by atoms with van der Waals surface area (Å²) in [5, 5.41) is 5.63. The van der Waals surface area contributed by atoms with Crippen molar-refractivity contribution in [2.75, 3.05) is 32.3 Å². The standard InChI is InChI=1S/C22H30N5O5P/c1-2-3-9-17-14-18(25-20(24-17)16-7-5-4-6-8-16)21(28)26-19(15-33(30,31)32)22(29)27-12-10-23-11-13-27/h4-8,14,19,23H,2-3,9-13,15H2,1H3,(H,26,28)(H2,30,31,32). The number of nitrogens with zero attached hydrogens (tertiary/aromatic N) is 3. The van der Waals surface area contributed by atoms with Crippen LogP contribution in [0.5, 0.6) is 0 Å². The second-order valence-corrected chi connectivity index (χ2v) is 9.68. The summed E-state index contributed by atoms with van der Waals surface area (Å²) in [5.74, 6) is -0.805. The fourth-order valence-corrected chi connectivity index (χ4v) is 4.30. The van der Waals surface area contributed by atoms with E-state index in [1.54, 1.807) is 6.07 Å². The van der Waals surface area contributed by atoms with E-state index < -0.39 is 31.6 Å². The van der Waals surface area contributed by atoms with E-state index >= 15 is 0 Å². The van der Waals surface area contributed by atoms with Crippen LogP contribution >= 0.6 is 7.60 Å². The molecule has 0 aliphatic carbocycles. The molecule has 10 nitrogen and oxygen atoms in total. The van der Waals surface area contributed by atoms with Crippen LogP contribution in [0.15, 0.2) is 36.4 Å². The van der Waals surface area contributed by atoms with Crippen molar-refractivity contribution in [3.63, 3.8) is 0 Å². The quantitative estimate of drug-likeness (QED) is 0.396. The zero-order valence-corrected chi connectivity index (χ0v) is 19.5. The van der Waals surface area contributed by atoms with Crippen LogP contribution in [0.25, 0.3) is 11.4 Å². The van der Waals surface area contributed by atoms with Crippen molar-refractivity contribution in [3.05, 3.63) is 47.8 Å². The van der Waals surface area contributed by atoms with Gasteiger partial charge in [0, 0.05) is 37.4 Å². The number of aromatic nitrogens is 2. The first-order chi connectivity index (χ1) is 15.8. The van der Waals surface area contributed by atoms with Crippen molar-refractivity contribution in [2.45, 2.75) is 32.2 Å². The first-order valence-electron chi connectivity index (χ1n) is 11.0. The molecule has 11 heteroatoms. The van der Waals surface area contributed by atoms with Gasteiger partial charge in [0.15, 0.2) is 5.82 Å². The van der Waals surface area contributed by atoms with E-state index in [-0.39, 0.29) is 5.69 Å². The number of benzene rings is 1. The lowest BCUT2D eigenvalue weighted by Crippen LogP contribution is -2.55. The minimum atomic E-state index is -4.57. The maximum Gasteiger partial charge on any atom is 0.328 e. The third-order valence-corrected chi connectivity index (χ3v) is 6.12. The number of carbonyl (C=O) groups excluding carboxylic acids is 2. The zero-order valence-electron chi connectivity index (χ0n) is 18.6. The third kappa shape index (κ3) is 7.43. The number of aryl methyl sites for hydroxylation is 1. The zero-order chi connectivity index (χ0) is 23.8. The maximum atomic E-state index is 13.1. The van der Waals surface area contributed by atoms with Crippen molar-refractivity contribution in [1.82, 2.24) is 25.5 Å². The lowest BCUT2D eigenvalue weighted by Gasteiger charge is -2.31. The minimum Gasteiger partial charge on any atom is -0.338 e. The van der Waals surface area contributed by atoms with Gasteiger partial charge >= 0.3 is 7.60 Å². The number of hydrogen-bond donors (Lipinski definition) is 4. The van der Waals surface area contributed by atoms with Gasteiger partial charge in [-0.05, 0) is 18.9 Å². The van der Waals surface area contributed by atoms with Gasteiger partial charge in [-0.3, -0.25) is 14.2 Å². The molecule has 3 rings (SSSR count). The molecule has 0 radical (unpaired) electrons. The largest absolute Gasteiger partial charge is 0.338 e. The predicted octanol–water partition coefficient (Wildman–Crippen LogP) is 1.19. The van der Waals surface area contributed by atoms with Gasteiger partial charge < -0.3 is 25.3 Å². The summed E-state index contributed by atoms with van der Waals surface area (Å²) in [4.78, 5) is 55.5. The smallest absolute Gasteiger partial charge is 0.328 e. The summed E-state index contributed by atoms with van der Waals surface area (Å²) < 4.78 is 11.7. The van der Waals surface area contributed by atoms with Gasteiger partial charge in [-0.25, -0.2) is 9.97 Å². The topological polar surface area (TPSA) is 145 Å². The van der Waals surface area contributed by atoms with Crippen LogP contribution in [-0.2, 0) is 15.8 Å². The van der Waals surface area contributed by atoms with Crippen molar-refractivity contribution in [2.24, 2.45) is 0 Å². The van der Waals surface area contributed by atoms with E-state index in [4.69, 9.17) is 0 Å². The number of nitrogens with one attached hydrogen (secondary N) is 2. The summed E-state index contributed by atoms with van der Waals surface area (Å²) in [6.45, 7) is 4.02. The van der Waals surface area contributed by atoms with Gasteiger partial charge in [-0.1, -0.05) is 43.7 Å². The number of unbranched alkanes of at least 4 members (excludes halogenated alkanes) is 1. The van der Waals surface area contributed by atoms with Crippen LogP contribution in [0.3, 0.4) is 0 Å². The molecular formula is C22H30N5O5P. The molecule has 33 heavy (non-hydrogen) atoms. The van der Waals surface area contributed by atoms with Crippen LogP contribution in [0.1, 0.15) is 35.9 Å². The summed E-state index contributed by atoms with van der Waals surface area (Å²) in [7, 11) is -4.57. The Bertz CT molecular complexity index is 1010. The molecule has 1 atom stereocenters. The Morgan fingerprint density at radius 1 is 1.18 bits per heavy atom. The van der Waals surface area contributed by atoms with Crippen LogP contribution in [0.2, 0.25) is 0 Å². The van der Waals surface area contributed by atoms with Crippen molar-refractivity contribution in [1.29, 1.82) is 0 Å². The third-order valence-electron chi connectivity index (χ3n) is 5.28. The highest BCUT2D eigenvalue weighted by molar-refractivity contribution is 7.51. The summed E-state index contributed by atoms with van der Waals surface area (Å²) in [6, 6.07) is 9.45. The molecule has 1 unspecified atom stereocenters. The average molecular weight is 475 g/mol. The fourth-order valence-electron chi connectivity index (χ4n) is 3.58. The van der Waals surface area contributed by atoms with Gasteiger partial charge in [0.2, 0.25) is 5.91 Å². The second-order valence-electron chi connectivity index (χ2n) is 7.99. The van der Waals surface area contributed by atoms with Gasteiger partial charge in [0.05, 0.1) is 6.16 Å². The van der Waals surface area contributed by atoms with Crippen LogP contribution < -0.4 is 10.6 Å². The number of amides is 2. The number of hydrogen-bond acceptors (Lipinski definition) is 6. The number of carbonyl (C=O) groups is 2. The molecule has 4 N–H and O–H groups in total. The Labute approximate surface area is 193 Å². The highest BCUT2D eigenvalue weighted by Crippen LogP contribution is 2.35. The molecule has 0 spiro atoms. The molecule has 1 saturated heterocycles. The molecular weight excluding hydrogens is 445 g/mol. The van der Waals surface area contributed by atoms with E-state index in [9.17, 15) is 23.9 Å². The van der Waals surface area contributed by atoms with Crippen molar-refractivity contribution >= 4 is 19.4 Å². The Hall–Kier alpha value is -2.65. The monoisotopic (exact) mass is 475 g/mol. The highest BCUT2D eigenvalue weighted by atomic mass is 31.2. The van der Waals surface area contributed by atoms with E-state index in [2.05, 4.69) is 27.5 Å². The molecule has 1 aromatic carbocycles. The van der Waals surface area contributed by atoms with E-state index in [0.717, 1.165) is 18.4 Å². The SMILES string of the molecule is CCCCc1cc(C(=O)NC(CP(=O)(O)O)C(=O)N2CCNCC2)nc(-c2ccccc2)n1. The van der Waals surface area contributed by atoms with Gasteiger partial charge in [0.1, 0.15) is 11.7 Å². The van der Waals surface area contributed by atoms with Gasteiger partial charge in [-0.2, -0.15) is 0 Å². The molecule has 1 aliphatic heterocycles. The molecule has 1 aromatic heterocycles. The molecule has 2 amide bonds. The van der Waals surface area contributed by atoms with Crippen molar-refractivity contribution < 1.29 is 23.9 Å². The highest BCUT2D eigenvalue weighted by Gasteiger charge is 2.33. The molecule has 0 saturated carbocycles. The second kappa shape index (κ2) is 11.5. The maximum absolute atomic E-state index is 13.1. The van der Waals surface area contributed by atoms with Crippen LogP contribution in [-0.4, -0.2) is 74.9 Å². The molecule has 1 aliphatic rings. The lowest BCUT2D eigenvalue weighted by molar-refractivity contribution is -0.133. The summed E-state index contributed by atoms with van der Waals surface area (Å²) in [5.41, 5.74) is 1.49. The average Bonchev–Trinajstić information content (AvgIpc) is 2.82. The Morgan fingerprint density at radius 3 is 2.52 bits per heavy atom. The predicted molar refractivity (Wildman–Crippen MR) is 124 cm³/mol. The number of rotatable bonds is 9. The van der Waals surface area contributed by atoms with Crippen molar-refractivity contribution in [3.8, 4) is 11.4 Å². The molecule has 178 valence electrons. The van der Waals surface area contributed by atoms with E-state index in [1.165, 1.54) is 4.90 Å². The molecule has 2 aromatic rings. The number of piperazine rings is 1. The normalized spacial score (nSPS) is 15.2. The van der Waals surface area contributed by atoms with Gasteiger partial charge in [0.25, 0.3) is 5.91 Å². The molecule has 1 fully saturated rings. The lowest BCUT2D eigenvalue weighted by atomic mass is 10.1. The van der Waals surface area contributed by atoms with Crippen LogP contribution in [0, 0.1) is 0 Å². The minimum absolute atomic E-state index is 0.0544. The first-order valence-corrected chi connectivity index (χ1v) is 12.8. The summed E-state index contributed by atoms with van der Waals surface area (Å²) in [6.07, 6.45) is 1.72. The first kappa shape index (κ1) is 25.0. The van der Waals surface area contributed by atoms with E-state index in [0.29, 0.717) is 44.1 Å².